The van der Waals surface area contributed by atoms with Crippen molar-refractivity contribution >= 4 is 17.4 Å². The first-order valence-corrected chi connectivity index (χ1v) is 12.0. The molecular weight excluding hydrogens is 486 g/mol. The highest BCUT2D eigenvalue weighted by molar-refractivity contribution is 6.33. The minimum atomic E-state index is -0.650. The fourth-order valence-electron chi connectivity index (χ4n) is 4.27. The lowest BCUT2D eigenvalue weighted by molar-refractivity contribution is 0.0662. The van der Waals surface area contributed by atoms with Crippen LogP contribution in [0, 0.1) is 11.7 Å². The van der Waals surface area contributed by atoms with Crippen LogP contribution in [0.25, 0.3) is 22.6 Å². The van der Waals surface area contributed by atoms with Gasteiger partial charge in [-0.1, -0.05) is 65.3 Å². The molecule has 5 nitrogen and oxygen atoms in total. The van der Waals surface area contributed by atoms with Crippen molar-refractivity contribution in [3.63, 3.8) is 0 Å². The Morgan fingerprint density at radius 3 is 2.56 bits per heavy atom. The number of halogens is 3. The molecule has 0 spiro atoms. The highest BCUT2D eigenvalue weighted by Crippen LogP contribution is 2.37. The molecule has 8 heteroatoms. The maximum atomic E-state index is 14.9. The zero-order chi connectivity index (χ0) is 25.1. The number of benzene rings is 3. The zero-order valence-electron chi connectivity index (χ0n) is 19.3. The third-order valence-corrected chi connectivity index (χ3v) is 6.52. The van der Waals surface area contributed by atoms with Crippen molar-refractivity contribution in [1.29, 1.82) is 0 Å². The largest absolute Gasteiger partial charge is 0.489 e. The molecule has 184 valence electrons. The molecule has 2 heterocycles. The number of hydrogen-bond acceptors (Lipinski definition) is 5. The van der Waals surface area contributed by atoms with Crippen LogP contribution in [0.15, 0.2) is 77.3 Å². The average Bonchev–Trinajstić information content (AvgIpc) is 3.31. The van der Waals surface area contributed by atoms with Gasteiger partial charge in [-0.25, -0.2) is 4.39 Å². The Bertz CT molecular complexity index is 1370. The number of likely N-dealkylation sites (tertiary alicyclic amines) is 1. The van der Waals surface area contributed by atoms with Gasteiger partial charge in [0.1, 0.15) is 12.3 Å². The van der Waals surface area contributed by atoms with Gasteiger partial charge in [-0.2, -0.15) is 0 Å². The molecule has 0 unspecified atom stereocenters. The van der Waals surface area contributed by atoms with Crippen molar-refractivity contribution in [1.82, 2.24) is 10.1 Å². The van der Waals surface area contributed by atoms with Crippen LogP contribution >= 0.6 is 11.6 Å². The molecule has 0 bridgehead atoms. The highest BCUT2D eigenvalue weighted by atomic mass is 35.5. The normalized spacial score (nSPS) is 14.0. The molecule has 1 fully saturated rings. The van der Waals surface area contributed by atoms with Gasteiger partial charge in [0.25, 0.3) is 0 Å². The third kappa shape index (κ3) is 4.90. The molecule has 5 rings (SSSR count). The molecular formula is C28H23ClF2N2O3. The standard InChI is InChI=1S/C28H23ClF2N2O3/c29-22-9-5-4-8-21(22)26-25(28(36-32-26)19-6-2-1-3-7-19)27(34)20-10-11-24(23(31)14-20)35-13-12-33-16-18(15-30)17-33/h1-11,14,18H,12-13,15-17H2. The van der Waals surface area contributed by atoms with E-state index < -0.39 is 11.6 Å². The van der Waals surface area contributed by atoms with E-state index in [2.05, 4.69) is 5.16 Å². The van der Waals surface area contributed by atoms with Gasteiger partial charge in [-0.15, -0.1) is 0 Å². The predicted octanol–water partition coefficient (Wildman–Crippen LogP) is 6.31. The minimum absolute atomic E-state index is 0.0500. The summed E-state index contributed by atoms with van der Waals surface area (Å²) in [4.78, 5) is 15.7. The summed E-state index contributed by atoms with van der Waals surface area (Å²) in [6.07, 6.45) is 0. The number of ketones is 1. The van der Waals surface area contributed by atoms with E-state index in [-0.39, 0.29) is 47.5 Å². The molecule has 36 heavy (non-hydrogen) atoms. The second-order valence-electron chi connectivity index (χ2n) is 8.68. The fourth-order valence-corrected chi connectivity index (χ4v) is 4.49. The molecule has 0 aliphatic carbocycles. The Hall–Kier alpha value is -3.55. The van der Waals surface area contributed by atoms with E-state index in [9.17, 15) is 13.6 Å². The second kappa shape index (κ2) is 10.6. The first-order chi connectivity index (χ1) is 17.5. The average molecular weight is 509 g/mol. The third-order valence-electron chi connectivity index (χ3n) is 6.19. The molecule has 1 saturated heterocycles. The van der Waals surface area contributed by atoms with E-state index >= 15 is 0 Å². The number of nitrogens with zero attached hydrogens (tertiary/aromatic N) is 2. The number of alkyl halides is 1. The van der Waals surface area contributed by atoms with E-state index in [0.29, 0.717) is 35.8 Å². The first-order valence-electron chi connectivity index (χ1n) is 11.6. The Morgan fingerprint density at radius 1 is 1.08 bits per heavy atom. The Kier molecular flexibility index (Phi) is 7.11. The topological polar surface area (TPSA) is 55.6 Å². The maximum Gasteiger partial charge on any atom is 0.199 e. The molecule has 3 aromatic carbocycles. The van der Waals surface area contributed by atoms with Gasteiger partial charge in [0.2, 0.25) is 0 Å². The van der Waals surface area contributed by atoms with Crippen molar-refractivity contribution in [2.24, 2.45) is 5.92 Å². The summed E-state index contributed by atoms with van der Waals surface area (Å²) < 4.78 is 38.7. The summed E-state index contributed by atoms with van der Waals surface area (Å²) in [5.74, 6) is -0.691. The van der Waals surface area contributed by atoms with E-state index in [1.807, 2.05) is 23.1 Å². The van der Waals surface area contributed by atoms with Gasteiger partial charge >= 0.3 is 0 Å². The maximum absolute atomic E-state index is 14.9. The summed E-state index contributed by atoms with van der Waals surface area (Å²) in [5.41, 5.74) is 1.80. The van der Waals surface area contributed by atoms with Crippen LogP contribution < -0.4 is 4.74 Å². The number of carbonyl (C=O) groups is 1. The lowest BCUT2D eigenvalue weighted by Crippen LogP contribution is -2.49. The zero-order valence-corrected chi connectivity index (χ0v) is 20.1. The molecule has 1 aliphatic rings. The summed E-state index contributed by atoms with van der Waals surface area (Å²) in [6, 6.07) is 20.2. The van der Waals surface area contributed by atoms with Crippen molar-refractivity contribution in [3.05, 3.63) is 94.8 Å². The molecule has 0 radical (unpaired) electrons. The molecule has 0 amide bonds. The Balaban J connectivity index is 1.42. The van der Waals surface area contributed by atoms with Crippen LogP contribution in [0.4, 0.5) is 8.78 Å². The number of aromatic nitrogens is 1. The summed E-state index contributed by atoms with van der Waals surface area (Å²) in [5, 5.41) is 4.58. The first kappa shape index (κ1) is 24.2. The van der Waals surface area contributed by atoms with Crippen LogP contribution in [0.5, 0.6) is 5.75 Å². The Morgan fingerprint density at radius 2 is 1.83 bits per heavy atom. The number of carbonyl (C=O) groups excluding carboxylic acids is 1. The molecule has 0 saturated carbocycles. The van der Waals surface area contributed by atoms with Crippen LogP contribution in [-0.2, 0) is 0 Å². The van der Waals surface area contributed by atoms with Crippen molar-refractivity contribution in [2.75, 3.05) is 32.9 Å². The number of ether oxygens (including phenoxy) is 1. The van der Waals surface area contributed by atoms with E-state index in [4.69, 9.17) is 20.9 Å². The van der Waals surface area contributed by atoms with Gasteiger partial charge < -0.3 is 9.26 Å². The van der Waals surface area contributed by atoms with Gasteiger partial charge in [-0.3, -0.25) is 14.1 Å². The molecule has 0 atom stereocenters. The quantitative estimate of drug-likeness (QED) is 0.248. The molecule has 1 aromatic heterocycles. The van der Waals surface area contributed by atoms with Crippen LogP contribution in [0.3, 0.4) is 0 Å². The number of hydrogen-bond donors (Lipinski definition) is 0. The van der Waals surface area contributed by atoms with Crippen molar-refractivity contribution < 1.29 is 22.8 Å². The second-order valence-corrected chi connectivity index (χ2v) is 9.09. The van der Waals surface area contributed by atoms with Gasteiger partial charge in [0.15, 0.2) is 23.1 Å². The van der Waals surface area contributed by atoms with E-state index in [0.717, 1.165) is 6.07 Å². The predicted molar refractivity (Wildman–Crippen MR) is 134 cm³/mol. The number of rotatable bonds is 9. The van der Waals surface area contributed by atoms with Crippen LogP contribution in [-0.4, -0.2) is 48.8 Å². The van der Waals surface area contributed by atoms with E-state index in [1.165, 1.54) is 12.1 Å². The summed E-state index contributed by atoms with van der Waals surface area (Å²) in [7, 11) is 0. The highest BCUT2D eigenvalue weighted by Gasteiger charge is 2.28. The van der Waals surface area contributed by atoms with Gasteiger partial charge in [0.05, 0.1) is 17.3 Å². The van der Waals surface area contributed by atoms with Gasteiger partial charge in [-0.05, 0) is 24.3 Å². The molecule has 0 N–H and O–H groups in total. The molecule has 4 aromatic rings. The fraction of sp³-hybridized carbons (Fsp3) is 0.214. The summed E-state index contributed by atoms with van der Waals surface area (Å²) in [6.45, 7) is 1.90. The van der Waals surface area contributed by atoms with Crippen LogP contribution in [0.1, 0.15) is 15.9 Å². The SMILES string of the molecule is O=C(c1ccc(OCCN2CC(CF)C2)c(F)c1)c1c(-c2ccccc2Cl)noc1-c1ccccc1. The van der Waals surface area contributed by atoms with Gasteiger partial charge in [0, 0.05) is 42.2 Å². The minimum Gasteiger partial charge on any atom is -0.489 e. The van der Waals surface area contributed by atoms with Crippen molar-refractivity contribution in [3.8, 4) is 28.3 Å². The lowest BCUT2D eigenvalue weighted by Gasteiger charge is -2.37. The molecule has 1 aliphatic heterocycles. The van der Waals surface area contributed by atoms with Crippen molar-refractivity contribution in [2.45, 2.75) is 0 Å². The Labute approximate surface area is 212 Å². The van der Waals surface area contributed by atoms with E-state index in [1.54, 1.807) is 36.4 Å². The monoisotopic (exact) mass is 508 g/mol. The summed E-state index contributed by atoms with van der Waals surface area (Å²) >= 11 is 6.39. The lowest BCUT2D eigenvalue weighted by atomic mass is 9.95. The van der Waals surface area contributed by atoms with Crippen LogP contribution in [0.2, 0.25) is 5.02 Å². The smallest absolute Gasteiger partial charge is 0.199 e.